The number of benzene rings is 2. The van der Waals surface area contributed by atoms with E-state index >= 15 is 0 Å². The van der Waals surface area contributed by atoms with Gasteiger partial charge in [0.1, 0.15) is 5.75 Å². The van der Waals surface area contributed by atoms with Gasteiger partial charge in [0, 0.05) is 24.8 Å². The van der Waals surface area contributed by atoms with Crippen LogP contribution in [0.5, 0.6) is 5.75 Å². The van der Waals surface area contributed by atoms with Gasteiger partial charge in [0.25, 0.3) is 0 Å². The topological polar surface area (TPSA) is 45.5 Å². The zero-order valence-electron chi connectivity index (χ0n) is 15.2. The Morgan fingerprint density at radius 2 is 1.73 bits per heavy atom. The van der Waals surface area contributed by atoms with E-state index in [4.69, 9.17) is 30.8 Å². The Morgan fingerprint density at radius 1 is 1.04 bits per heavy atom. The standard InChI is InChI=1S/C20H23ClN2O3/c1-4-25-20(26-5-2)19-22-17-12-15(21)8-11-18(17)23(19)13-14-6-9-16(24-3)10-7-14/h6-12,20H,4-5,13H2,1-3H3. The molecular weight excluding hydrogens is 352 g/mol. The maximum absolute atomic E-state index is 6.15. The smallest absolute Gasteiger partial charge is 0.217 e. The number of rotatable bonds is 8. The molecule has 6 heteroatoms. The van der Waals surface area contributed by atoms with Crippen LogP contribution in [0, 0.1) is 0 Å². The molecule has 5 nitrogen and oxygen atoms in total. The Morgan fingerprint density at radius 3 is 2.35 bits per heavy atom. The Labute approximate surface area is 158 Å². The van der Waals surface area contributed by atoms with Crippen LogP contribution in [0.15, 0.2) is 42.5 Å². The summed E-state index contributed by atoms with van der Waals surface area (Å²) in [6.45, 7) is 5.61. The number of nitrogens with zero attached hydrogens (tertiary/aromatic N) is 2. The second-order valence-corrected chi connectivity index (χ2v) is 6.22. The number of hydrogen-bond acceptors (Lipinski definition) is 4. The van der Waals surface area contributed by atoms with Crippen molar-refractivity contribution in [3.63, 3.8) is 0 Å². The first kappa shape index (κ1) is 18.7. The molecule has 1 heterocycles. The van der Waals surface area contributed by atoms with Crippen LogP contribution in [-0.2, 0) is 16.0 Å². The van der Waals surface area contributed by atoms with E-state index in [9.17, 15) is 0 Å². The molecule has 0 unspecified atom stereocenters. The quantitative estimate of drug-likeness (QED) is 0.530. The number of methoxy groups -OCH3 is 1. The van der Waals surface area contributed by atoms with Crippen LogP contribution in [0.1, 0.15) is 31.5 Å². The number of ether oxygens (including phenoxy) is 3. The highest BCUT2D eigenvalue weighted by atomic mass is 35.5. The van der Waals surface area contributed by atoms with Crippen molar-refractivity contribution < 1.29 is 14.2 Å². The van der Waals surface area contributed by atoms with Gasteiger partial charge in [0.05, 0.1) is 18.1 Å². The normalized spacial score (nSPS) is 11.4. The third-order valence-corrected chi connectivity index (χ3v) is 4.32. The van der Waals surface area contributed by atoms with Crippen molar-refractivity contribution in [2.45, 2.75) is 26.7 Å². The van der Waals surface area contributed by atoms with Gasteiger partial charge in [-0.25, -0.2) is 4.98 Å². The highest BCUT2D eigenvalue weighted by Gasteiger charge is 2.21. The van der Waals surface area contributed by atoms with E-state index in [0.717, 1.165) is 28.2 Å². The van der Waals surface area contributed by atoms with E-state index in [-0.39, 0.29) is 0 Å². The highest BCUT2D eigenvalue weighted by molar-refractivity contribution is 6.31. The highest BCUT2D eigenvalue weighted by Crippen LogP contribution is 2.27. The van der Waals surface area contributed by atoms with Gasteiger partial charge in [-0.05, 0) is 49.7 Å². The number of hydrogen-bond donors (Lipinski definition) is 0. The molecule has 3 aromatic rings. The maximum Gasteiger partial charge on any atom is 0.217 e. The fourth-order valence-corrected chi connectivity index (χ4v) is 3.05. The monoisotopic (exact) mass is 374 g/mol. The summed E-state index contributed by atoms with van der Waals surface area (Å²) in [4.78, 5) is 4.74. The third kappa shape index (κ3) is 4.01. The second kappa shape index (κ2) is 8.54. The largest absolute Gasteiger partial charge is 0.497 e. The first-order chi connectivity index (χ1) is 12.7. The molecule has 0 bridgehead atoms. The third-order valence-electron chi connectivity index (χ3n) is 4.09. The number of fused-ring (bicyclic) bond motifs is 1. The lowest BCUT2D eigenvalue weighted by Gasteiger charge is -2.18. The summed E-state index contributed by atoms with van der Waals surface area (Å²) in [5.74, 6) is 1.57. The van der Waals surface area contributed by atoms with Crippen LogP contribution in [0.3, 0.4) is 0 Å². The molecule has 0 atom stereocenters. The molecular formula is C20H23ClN2O3. The lowest BCUT2D eigenvalue weighted by molar-refractivity contribution is -0.146. The summed E-state index contributed by atoms with van der Waals surface area (Å²) in [6.07, 6.45) is -0.519. The second-order valence-electron chi connectivity index (χ2n) is 5.78. The van der Waals surface area contributed by atoms with Gasteiger partial charge >= 0.3 is 0 Å². The number of imidazole rings is 1. The summed E-state index contributed by atoms with van der Waals surface area (Å²) in [6, 6.07) is 13.7. The van der Waals surface area contributed by atoms with Crippen molar-refractivity contribution >= 4 is 22.6 Å². The van der Waals surface area contributed by atoms with Crippen LogP contribution in [0.25, 0.3) is 11.0 Å². The first-order valence-corrected chi connectivity index (χ1v) is 9.05. The maximum atomic E-state index is 6.15. The van der Waals surface area contributed by atoms with E-state index < -0.39 is 6.29 Å². The van der Waals surface area contributed by atoms with Gasteiger partial charge < -0.3 is 18.8 Å². The van der Waals surface area contributed by atoms with Crippen LogP contribution in [0.2, 0.25) is 5.02 Å². The van der Waals surface area contributed by atoms with Crippen molar-refractivity contribution in [1.82, 2.24) is 9.55 Å². The van der Waals surface area contributed by atoms with E-state index in [1.54, 1.807) is 7.11 Å². The minimum absolute atomic E-state index is 0.519. The van der Waals surface area contributed by atoms with E-state index in [1.807, 2.05) is 56.3 Å². The molecule has 0 saturated heterocycles. The van der Waals surface area contributed by atoms with Crippen LogP contribution in [0.4, 0.5) is 0 Å². The minimum Gasteiger partial charge on any atom is -0.497 e. The van der Waals surface area contributed by atoms with Crippen molar-refractivity contribution in [2.24, 2.45) is 0 Å². The first-order valence-electron chi connectivity index (χ1n) is 8.68. The van der Waals surface area contributed by atoms with Gasteiger partial charge in [-0.2, -0.15) is 0 Å². The van der Waals surface area contributed by atoms with Gasteiger partial charge in [-0.15, -0.1) is 0 Å². The van der Waals surface area contributed by atoms with E-state index in [2.05, 4.69) is 4.57 Å². The molecule has 0 amide bonds. The molecule has 26 heavy (non-hydrogen) atoms. The van der Waals surface area contributed by atoms with Gasteiger partial charge in [0.2, 0.25) is 6.29 Å². The molecule has 0 spiro atoms. The van der Waals surface area contributed by atoms with Crippen molar-refractivity contribution in [3.8, 4) is 5.75 Å². The molecule has 0 saturated carbocycles. The molecule has 0 fully saturated rings. The zero-order valence-corrected chi connectivity index (χ0v) is 16.0. The van der Waals surface area contributed by atoms with Crippen LogP contribution >= 0.6 is 11.6 Å². The summed E-state index contributed by atoms with van der Waals surface area (Å²) < 4.78 is 18.9. The van der Waals surface area contributed by atoms with Gasteiger partial charge in [-0.1, -0.05) is 23.7 Å². The summed E-state index contributed by atoms with van der Waals surface area (Å²) in [7, 11) is 1.66. The average Bonchev–Trinajstić information content (AvgIpc) is 2.99. The summed E-state index contributed by atoms with van der Waals surface area (Å²) in [5, 5.41) is 0.655. The number of aromatic nitrogens is 2. The average molecular weight is 375 g/mol. The predicted octanol–water partition coefficient (Wildman–Crippen LogP) is 4.82. The SMILES string of the molecule is CCOC(OCC)c1nc2cc(Cl)ccc2n1Cc1ccc(OC)cc1. The lowest BCUT2D eigenvalue weighted by atomic mass is 10.2. The lowest BCUT2D eigenvalue weighted by Crippen LogP contribution is -2.16. The Balaban J connectivity index is 2.05. The molecule has 138 valence electrons. The molecule has 0 N–H and O–H groups in total. The van der Waals surface area contributed by atoms with E-state index in [0.29, 0.717) is 24.8 Å². The molecule has 2 aromatic carbocycles. The van der Waals surface area contributed by atoms with Crippen molar-refractivity contribution in [2.75, 3.05) is 20.3 Å². The number of halogens is 1. The zero-order chi connectivity index (χ0) is 18.5. The van der Waals surface area contributed by atoms with Gasteiger partial charge in [-0.3, -0.25) is 0 Å². The molecule has 0 aliphatic heterocycles. The Kier molecular flexibility index (Phi) is 6.14. The molecule has 0 aliphatic carbocycles. The molecule has 0 aliphatic rings. The molecule has 3 rings (SSSR count). The Hall–Kier alpha value is -2.08. The predicted molar refractivity (Wildman–Crippen MR) is 103 cm³/mol. The molecule has 0 radical (unpaired) electrons. The Bertz CT molecular complexity index is 855. The van der Waals surface area contributed by atoms with E-state index in [1.165, 1.54) is 0 Å². The molecule has 1 aromatic heterocycles. The fourth-order valence-electron chi connectivity index (χ4n) is 2.88. The van der Waals surface area contributed by atoms with Crippen LogP contribution in [-0.4, -0.2) is 29.9 Å². The minimum atomic E-state index is -0.519. The van der Waals surface area contributed by atoms with Gasteiger partial charge in [0.15, 0.2) is 5.82 Å². The van der Waals surface area contributed by atoms with Crippen LogP contribution < -0.4 is 4.74 Å². The summed E-state index contributed by atoms with van der Waals surface area (Å²) >= 11 is 6.15. The van der Waals surface area contributed by atoms with Crippen molar-refractivity contribution in [1.29, 1.82) is 0 Å². The fraction of sp³-hybridized carbons (Fsp3) is 0.350. The summed E-state index contributed by atoms with van der Waals surface area (Å²) in [5.41, 5.74) is 2.95. The van der Waals surface area contributed by atoms with Crippen molar-refractivity contribution in [3.05, 3.63) is 58.9 Å².